The molecular weight excluding hydrogens is 500 g/mol. The van der Waals surface area contributed by atoms with Gasteiger partial charge in [0, 0.05) is 5.41 Å². The van der Waals surface area contributed by atoms with E-state index in [1.807, 2.05) is 48.5 Å². The van der Waals surface area contributed by atoms with Crippen LogP contribution in [0.1, 0.15) is 45.7 Å². The maximum atomic E-state index is 10.7. The Morgan fingerprint density at radius 1 is 0.641 bits per heavy atom. The van der Waals surface area contributed by atoms with E-state index in [-0.39, 0.29) is 29.8 Å². The van der Waals surface area contributed by atoms with E-state index < -0.39 is 11.9 Å². The van der Waals surface area contributed by atoms with E-state index in [0.717, 1.165) is 23.7 Å². The SMILES string of the molecule is CC(C)(c1ccc(OCC=O)cc1)c1ccc(OCC=O)cc1.O=C(O)c1ccc2cc(C(=O)O)ccc2c1. The summed E-state index contributed by atoms with van der Waals surface area (Å²) in [7, 11) is 0. The van der Waals surface area contributed by atoms with E-state index in [1.165, 1.54) is 24.3 Å². The highest BCUT2D eigenvalue weighted by Gasteiger charge is 2.23. The van der Waals surface area contributed by atoms with Gasteiger partial charge in [-0.1, -0.05) is 50.2 Å². The minimum atomic E-state index is -0.996. The molecule has 0 radical (unpaired) electrons. The van der Waals surface area contributed by atoms with Crippen molar-refractivity contribution in [1.29, 1.82) is 0 Å². The minimum absolute atomic E-state index is 0.0605. The van der Waals surface area contributed by atoms with E-state index in [9.17, 15) is 19.2 Å². The zero-order valence-electron chi connectivity index (χ0n) is 21.5. The molecule has 4 aromatic rings. The zero-order chi connectivity index (χ0) is 28.4. The van der Waals surface area contributed by atoms with Gasteiger partial charge < -0.3 is 19.7 Å². The third-order valence-corrected chi connectivity index (χ3v) is 6.12. The van der Waals surface area contributed by atoms with Crippen LogP contribution in [-0.4, -0.2) is 47.9 Å². The van der Waals surface area contributed by atoms with Crippen LogP contribution in [0, 0.1) is 0 Å². The molecule has 0 amide bonds. The average molecular weight is 529 g/mol. The van der Waals surface area contributed by atoms with Crippen LogP contribution in [0.4, 0.5) is 0 Å². The van der Waals surface area contributed by atoms with Crippen LogP contribution >= 0.6 is 0 Å². The quantitative estimate of drug-likeness (QED) is 0.262. The molecule has 0 atom stereocenters. The number of carbonyl (C=O) groups is 4. The maximum Gasteiger partial charge on any atom is 0.335 e. The molecule has 0 heterocycles. The first-order valence-electron chi connectivity index (χ1n) is 12.0. The summed E-state index contributed by atoms with van der Waals surface area (Å²) in [5, 5.41) is 19.0. The summed E-state index contributed by atoms with van der Waals surface area (Å²) in [4.78, 5) is 42.1. The normalized spacial score (nSPS) is 10.6. The highest BCUT2D eigenvalue weighted by Crippen LogP contribution is 2.33. The van der Waals surface area contributed by atoms with E-state index in [0.29, 0.717) is 22.3 Å². The van der Waals surface area contributed by atoms with Gasteiger partial charge in [-0.2, -0.15) is 0 Å². The Morgan fingerprint density at radius 3 is 1.31 bits per heavy atom. The lowest BCUT2D eigenvalue weighted by molar-refractivity contribution is -0.110. The number of hydrogen-bond donors (Lipinski definition) is 2. The van der Waals surface area contributed by atoms with Crippen LogP contribution in [0.2, 0.25) is 0 Å². The van der Waals surface area contributed by atoms with E-state index in [4.69, 9.17) is 19.7 Å². The Labute approximate surface area is 225 Å². The number of hydrogen-bond acceptors (Lipinski definition) is 6. The smallest absolute Gasteiger partial charge is 0.335 e. The molecule has 2 N–H and O–H groups in total. The molecular formula is C31H28O8. The first-order valence-corrected chi connectivity index (χ1v) is 12.0. The molecule has 8 heteroatoms. The van der Waals surface area contributed by atoms with Crippen molar-refractivity contribution in [1.82, 2.24) is 0 Å². The predicted molar refractivity (Wildman–Crippen MR) is 146 cm³/mol. The predicted octanol–water partition coefficient (Wildman–Crippen LogP) is 5.40. The molecule has 0 unspecified atom stereocenters. The monoisotopic (exact) mass is 528 g/mol. The Bertz CT molecular complexity index is 1340. The summed E-state index contributed by atoms with van der Waals surface area (Å²) in [5.41, 5.74) is 2.47. The van der Waals surface area contributed by atoms with Crippen LogP contribution in [0.3, 0.4) is 0 Å². The molecule has 200 valence electrons. The summed E-state index contributed by atoms with van der Waals surface area (Å²) in [6.07, 6.45) is 1.46. The van der Waals surface area contributed by atoms with Gasteiger partial charge in [0.15, 0.2) is 12.6 Å². The van der Waals surface area contributed by atoms with Gasteiger partial charge in [-0.15, -0.1) is 0 Å². The lowest BCUT2D eigenvalue weighted by Crippen LogP contribution is -2.18. The molecule has 0 spiro atoms. The van der Waals surface area contributed by atoms with Gasteiger partial charge in [0.1, 0.15) is 24.7 Å². The second kappa shape index (κ2) is 13.0. The summed E-state index contributed by atoms with van der Waals surface area (Å²) >= 11 is 0. The lowest BCUT2D eigenvalue weighted by Gasteiger charge is -2.26. The average Bonchev–Trinajstić information content (AvgIpc) is 2.95. The first-order chi connectivity index (χ1) is 18.6. The summed E-state index contributed by atoms with van der Waals surface area (Å²) in [6.45, 7) is 4.39. The molecule has 4 aromatic carbocycles. The van der Waals surface area contributed by atoms with E-state index in [2.05, 4.69) is 13.8 Å². The van der Waals surface area contributed by atoms with Crippen molar-refractivity contribution >= 4 is 35.3 Å². The van der Waals surface area contributed by atoms with Crippen molar-refractivity contribution in [3.8, 4) is 11.5 Å². The standard InChI is InChI=1S/C19H20O4.C12H8O4/c1-19(2,15-3-7-17(8-4-15)22-13-11-20)16-5-9-18(10-6-16)23-14-12-21;13-11(14)9-3-1-7-5-10(12(15)16)4-2-8(7)6-9/h3-12H,13-14H2,1-2H3;1-6H,(H,13,14)(H,15,16). The number of carboxylic acids is 2. The second-order valence-electron chi connectivity index (χ2n) is 9.02. The van der Waals surface area contributed by atoms with Gasteiger partial charge in [0.2, 0.25) is 0 Å². The number of carbonyl (C=O) groups excluding carboxylic acids is 2. The maximum absolute atomic E-state index is 10.7. The highest BCUT2D eigenvalue weighted by atomic mass is 16.5. The lowest BCUT2D eigenvalue weighted by atomic mass is 9.78. The van der Waals surface area contributed by atoms with Crippen LogP contribution in [0.15, 0.2) is 84.9 Å². The van der Waals surface area contributed by atoms with Crippen molar-refractivity contribution in [2.24, 2.45) is 0 Å². The number of aromatic carboxylic acids is 2. The Balaban J connectivity index is 0.000000230. The molecule has 0 aliphatic carbocycles. The molecule has 0 aliphatic rings. The number of benzene rings is 4. The summed E-state index contributed by atoms with van der Waals surface area (Å²) < 4.78 is 10.5. The largest absolute Gasteiger partial charge is 0.486 e. The summed E-state index contributed by atoms with van der Waals surface area (Å²) in [6, 6.07) is 24.6. The minimum Gasteiger partial charge on any atom is -0.486 e. The Morgan fingerprint density at radius 2 is 1.00 bits per heavy atom. The van der Waals surface area contributed by atoms with Crippen molar-refractivity contribution in [3.63, 3.8) is 0 Å². The summed E-state index contributed by atoms with van der Waals surface area (Å²) in [5.74, 6) is -0.642. The number of aldehydes is 2. The first kappa shape index (κ1) is 28.6. The fourth-order valence-corrected chi connectivity index (χ4v) is 3.87. The molecule has 0 aliphatic heterocycles. The number of ether oxygens (including phenoxy) is 2. The van der Waals surface area contributed by atoms with Gasteiger partial charge in [-0.3, -0.25) is 9.59 Å². The van der Waals surface area contributed by atoms with Gasteiger partial charge in [-0.25, -0.2) is 9.59 Å². The van der Waals surface area contributed by atoms with Crippen LogP contribution < -0.4 is 9.47 Å². The van der Waals surface area contributed by atoms with Gasteiger partial charge in [-0.05, 0) is 70.4 Å². The number of fused-ring (bicyclic) bond motifs is 1. The molecule has 0 saturated carbocycles. The van der Waals surface area contributed by atoms with Crippen molar-refractivity contribution in [2.45, 2.75) is 19.3 Å². The van der Waals surface area contributed by atoms with Crippen LogP contribution in [-0.2, 0) is 15.0 Å². The van der Waals surface area contributed by atoms with Gasteiger partial charge in [0.05, 0.1) is 11.1 Å². The molecule has 0 aromatic heterocycles. The van der Waals surface area contributed by atoms with Crippen molar-refractivity contribution in [2.75, 3.05) is 13.2 Å². The fourth-order valence-electron chi connectivity index (χ4n) is 3.87. The molecule has 8 nitrogen and oxygen atoms in total. The molecule has 0 fully saturated rings. The topological polar surface area (TPSA) is 127 Å². The zero-order valence-corrected chi connectivity index (χ0v) is 21.5. The van der Waals surface area contributed by atoms with E-state index in [1.54, 1.807) is 12.1 Å². The van der Waals surface area contributed by atoms with Crippen LogP contribution in [0.25, 0.3) is 10.8 Å². The molecule has 39 heavy (non-hydrogen) atoms. The number of rotatable bonds is 10. The van der Waals surface area contributed by atoms with Gasteiger partial charge >= 0.3 is 11.9 Å². The van der Waals surface area contributed by atoms with E-state index >= 15 is 0 Å². The second-order valence-corrected chi connectivity index (χ2v) is 9.02. The Kier molecular flexibility index (Phi) is 9.53. The Hall–Kier alpha value is -4.98. The van der Waals surface area contributed by atoms with Gasteiger partial charge in [0.25, 0.3) is 0 Å². The van der Waals surface area contributed by atoms with Crippen LogP contribution in [0.5, 0.6) is 11.5 Å². The third kappa shape index (κ3) is 7.52. The molecule has 0 bridgehead atoms. The third-order valence-electron chi connectivity index (χ3n) is 6.12. The highest BCUT2D eigenvalue weighted by molar-refractivity contribution is 5.98. The molecule has 4 rings (SSSR count). The number of carboxylic acid groups (broad SMARTS) is 2. The van der Waals surface area contributed by atoms with Crippen molar-refractivity contribution < 1.29 is 38.9 Å². The fraction of sp³-hybridized carbons (Fsp3) is 0.161. The van der Waals surface area contributed by atoms with Crippen molar-refractivity contribution in [3.05, 3.63) is 107 Å². The molecule has 0 saturated heterocycles.